The molecule has 4 rings (SSSR count). The SMILES string of the molecule is CC(C)(C)OC(=O)N1CCC(O)CC1.CCC(CC)(CCCC(F)(F)F)OC(=O)C(C)(C)CC.CCC(OC(=O)C(C)(C)CC)C(F)(F)C(=O)OC.CCOC(=O)C(F)(F)C(CC)OC(=O)C(C)(C)CC.O=C(CS(=O)(=O)[O-])OC1C2CC3C1OS(=O)(=O)C3C2. The lowest BCUT2D eigenvalue weighted by molar-refractivity contribution is -0.202. The molecule has 0 aromatic heterocycles. The summed E-state index contributed by atoms with van der Waals surface area (Å²) in [6, 6.07) is 0. The Labute approximate surface area is 526 Å². The fraction of sp³-hybridized carbons (Fsp3) is 0.881. The van der Waals surface area contributed by atoms with E-state index in [1.165, 1.54) is 20.8 Å². The van der Waals surface area contributed by atoms with Crippen LogP contribution in [0.15, 0.2) is 0 Å². The van der Waals surface area contributed by atoms with E-state index in [9.17, 15) is 90.8 Å². The molecular formula is C59H99F7NO21S2-. The number of carbonyl (C=O) groups excluding carboxylic acids is 7. The number of likely N-dealkylation sites (tertiary alicyclic amines) is 1. The van der Waals surface area contributed by atoms with Gasteiger partial charge in [-0.15, -0.1) is 0 Å². The van der Waals surface area contributed by atoms with Crippen molar-refractivity contribution in [1.82, 2.24) is 4.90 Å². The summed E-state index contributed by atoms with van der Waals surface area (Å²) < 4.78 is 185. The number of rotatable bonds is 24. The van der Waals surface area contributed by atoms with E-state index >= 15 is 0 Å². The van der Waals surface area contributed by atoms with Gasteiger partial charge in [0.05, 0.1) is 41.3 Å². The lowest BCUT2D eigenvalue weighted by Gasteiger charge is -2.35. The third kappa shape index (κ3) is 26.8. The van der Waals surface area contributed by atoms with Crippen LogP contribution in [0.1, 0.15) is 208 Å². The summed E-state index contributed by atoms with van der Waals surface area (Å²) in [4.78, 5) is 82.3. The van der Waals surface area contributed by atoms with Gasteiger partial charge < -0.3 is 47.7 Å². The largest absolute Gasteiger partial charge is 0.748 e. The van der Waals surface area contributed by atoms with Crippen LogP contribution >= 0.6 is 0 Å². The normalized spacial score (nSPS) is 20.7. The van der Waals surface area contributed by atoms with E-state index in [0.717, 1.165) is 7.11 Å². The average Bonchev–Trinajstić information content (AvgIpc) is 1.57. The monoisotopic (exact) mass is 1350 g/mol. The molecule has 31 heteroatoms. The Kier molecular flexibility index (Phi) is 33.2. The molecule has 22 nitrogen and oxygen atoms in total. The van der Waals surface area contributed by atoms with Gasteiger partial charge in [-0.25, -0.2) is 22.8 Å². The number of fused-ring (bicyclic) bond motifs is 1. The molecule has 528 valence electrons. The minimum absolute atomic E-state index is 0.00892. The number of aliphatic hydroxyl groups excluding tert-OH is 1. The van der Waals surface area contributed by atoms with Crippen LogP contribution in [-0.4, -0.2) is 171 Å². The number of halogens is 7. The van der Waals surface area contributed by atoms with Crippen LogP contribution in [0.4, 0.5) is 35.5 Å². The first-order valence-corrected chi connectivity index (χ1v) is 33.3. The molecule has 1 amide bonds. The van der Waals surface area contributed by atoms with Crippen molar-refractivity contribution in [1.29, 1.82) is 0 Å². The zero-order valence-electron chi connectivity index (χ0n) is 55.4. The number of ether oxygens (including phenoxy) is 7. The Morgan fingerprint density at radius 3 is 1.47 bits per heavy atom. The van der Waals surface area contributed by atoms with Gasteiger partial charge >= 0.3 is 59.9 Å². The van der Waals surface area contributed by atoms with Crippen LogP contribution in [0.2, 0.25) is 0 Å². The Balaban J connectivity index is 0.00000110. The maximum Gasteiger partial charge on any atom is 0.410 e. The topological polar surface area (TPSA) is 308 Å². The van der Waals surface area contributed by atoms with Crippen LogP contribution in [0.3, 0.4) is 0 Å². The zero-order chi connectivity index (χ0) is 70.6. The summed E-state index contributed by atoms with van der Waals surface area (Å²) in [5.41, 5.74) is -3.53. The summed E-state index contributed by atoms with van der Waals surface area (Å²) in [5.74, 6) is -15.6. The molecule has 2 aliphatic carbocycles. The minimum Gasteiger partial charge on any atom is -0.748 e. The van der Waals surface area contributed by atoms with Gasteiger partial charge in [0.1, 0.15) is 39.3 Å². The van der Waals surface area contributed by atoms with E-state index in [1.807, 2.05) is 41.5 Å². The number of hydrogen-bond acceptors (Lipinski definition) is 21. The summed E-state index contributed by atoms with van der Waals surface area (Å²) in [7, 11) is -7.44. The Morgan fingerprint density at radius 1 is 0.644 bits per heavy atom. The summed E-state index contributed by atoms with van der Waals surface area (Å²) in [5, 5.41) is 8.72. The molecule has 0 radical (unpaired) electrons. The van der Waals surface area contributed by atoms with Crippen molar-refractivity contribution in [3.05, 3.63) is 0 Å². The lowest BCUT2D eigenvalue weighted by atomic mass is 9.87. The summed E-state index contributed by atoms with van der Waals surface area (Å²) in [6.07, 6.45) is -5.87. The van der Waals surface area contributed by atoms with Crippen LogP contribution < -0.4 is 0 Å². The molecule has 2 bridgehead atoms. The highest BCUT2D eigenvalue weighted by molar-refractivity contribution is 7.87. The zero-order valence-corrected chi connectivity index (χ0v) is 57.0. The average molecular weight is 1360 g/mol. The second kappa shape index (κ2) is 35.0. The quantitative estimate of drug-likeness (QED) is 0.0309. The molecule has 2 heterocycles. The van der Waals surface area contributed by atoms with E-state index < -0.39 is 137 Å². The highest BCUT2D eigenvalue weighted by Crippen LogP contribution is 2.55. The van der Waals surface area contributed by atoms with Crippen molar-refractivity contribution in [3.8, 4) is 0 Å². The Bertz CT molecular complexity index is 2560. The summed E-state index contributed by atoms with van der Waals surface area (Å²) in [6.45, 7) is 29.9. The smallest absolute Gasteiger partial charge is 0.410 e. The number of methoxy groups -OCH3 is 1. The van der Waals surface area contributed by atoms with Crippen molar-refractivity contribution in [2.45, 2.75) is 273 Å². The molecule has 90 heavy (non-hydrogen) atoms. The molecule has 2 aliphatic heterocycles. The van der Waals surface area contributed by atoms with E-state index in [0.29, 0.717) is 70.9 Å². The van der Waals surface area contributed by atoms with E-state index in [2.05, 4.69) is 9.47 Å². The fourth-order valence-corrected chi connectivity index (χ4v) is 11.2. The molecule has 2 saturated heterocycles. The predicted molar refractivity (Wildman–Crippen MR) is 312 cm³/mol. The molecule has 0 spiro atoms. The third-order valence-electron chi connectivity index (χ3n) is 16.1. The molecule has 1 N–H and O–H groups in total. The van der Waals surface area contributed by atoms with E-state index in [4.69, 9.17) is 27.9 Å². The first kappa shape index (κ1) is 85.4. The van der Waals surface area contributed by atoms with E-state index in [-0.39, 0.29) is 62.3 Å². The van der Waals surface area contributed by atoms with Gasteiger partial charge in [-0.3, -0.25) is 23.4 Å². The third-order valence-corrected chi connectivity index (χ3v) is 18.5. The maximum atomic E-state index is 13.8. The van der Waals surface area contributed by atoms with Crippen molar-refractivity contribution in [2.24, 2.45) is 28.1 Å². The lowest BCUT2D eigenvalue weighted by Crippen LogP contribution is -2.46. The fourth-order valence-electron chi connectivity index (χ4n) is 8.96. The van der Waals surface area contributed by atoms with Gasteiger partial charge in [0, 0.05) is 31.3 Å². The number of hydrogen-bond donors (Lipinski definition) is 1. The number of piperidine rings is 1. The maximum absolute atomic E-state index is 13.8. The molecular weight excluding hydrogens is 1260 g/mol. The predicted octanol–water partition coefficient (Wildman–Crippen LogP) is 10.7. The van der Waals surface area contributed by atoms with Crippen molar-refractivity contribution >= 4 is 62.1 Å². The molecule has 4 fully saturated rings. The van der Waals surface area contributed by atoms with Gasteiger partial charge in [0.15, 0.2) is 12.2 Å². The van der Waals surface area contributed by atoms with Crippen LogP contribution in [0.25, 0.3) is 0 Å². The minimum atomic E-state index is -4.70. The molecule has 7 unspecified atom stereocenters. The second-order valence-corrected chi connectivity index (χ2v) is 28.6. The van der Waals surface area contributed by atoms with Crippen molar-refractivity contribution in [2.75, 3.05) is 32.6 Å². The molecule has 2 saturated carbocycles. The number of aliphatic hydroxyl groups is 1. The molecule has 7 atom stereocenters. The summed E-state index contributed by atoms with van der Waals surface area (Å²) >= 11 is 0. The highest BCUT2D eigenvalue weighted by Gasteiger charge is 2.65. The first-order valence-electron chi connectivity index (χ1n) is 30.3. The first-order chi connectivity index (χ1) is 40.8. The highest BCUT2D eigenvalue weighted by atomic mass is 32.2. The van der Waals surface area contributed by atoms with Gasteiger partial charge in [-0.05, 0) is 153 Å². The number of esters is 6. The van der Waals surface area contributed by atoms with Crippen LogP contribution in [0, 0.1) is 28.1 Å². The molecule has 4 aliphatic rings. The van der Waals surface area contributed by atoms with Gasteiger partial charge in [0.2, 0.25) is 0 Å². The Morgan fingerprint density at radius 2 is 1.09 bits per heavy atom. The number of carbonyl (C=O) groups is 7. The number of nitrogens with zero attached hydrogens (tertiary/aromatic N) is 1. The van der Waals surface area contributed by atoms with Gasteiger partial charge in [-0.1, -0.05) is 48.5 Å². The van der Waals surface area contributed by atoms with Crippen molar-refractivity contribution in [3.63, 3.8) is 0 Å². The molecule has 0 aromatic carbocycles. The van der Waals surface area contributed by atoms with E-state index in [1.54, 1.807) is 60.3 Å². The van der Waals surface area contributed by atoms with Crippen LogP contribution in [-0.2, 0) is 86.3 Å². The van der Waals surface area contributed by atoms with Gasteiger partial charge in [-0.2, -0.15) is 39.2 Å². The number of alkyl halides is 7. The van der Waals surface area contributed by atoms with Crippen LogP contribution in [0.5, 0.6) is 0 Å². The standard InChI is InChI=1S/C15H27F3O2.C13H22F2O4.C12H20F2O4.C10H19NO3.C9H12O8S2/c1-6-13(4,5)12(19)20-14(7-2,8-3)10-9-11-15(16,17)18;1-6-9(13(14,15)11(17)18-8-3)19-10(16)12(4,5)7-2;1-6-8(12(13,14)10(16)17-5)18-9(15)11(3,4)7-2;1-10(2,3)14-9(13)11-6-4-8(12)5-7-11;10-7(3-18(11,12)13)16-8-4-1-5-6(2-4)19(14,15)17-9(5)8/h6-11H2,1-5H3;9H,6-8H2,1-5H3;8H,6-7H2,1-5H3;8,12H,4-7H2,1-3H3;4-6,8-9H,1-3H2,(H,11,12,13)/p-1. The van der Waals surface area contributed by atoms with Gasteiger partial charge in [0.25, 0.3) is 10.1 Å². The number of amides is 1. The van der Waals surface area contributed by atoms with Crippen molar-refractivity contribution < 1.29 is 128 Å². The Hall–Kier alpha value is -4.62. The molecule has 0 aromatic rings. The second-order valence-electron chi connectivity index (χ2n) is 25.4.